The number of rotatable bonds is 3. The molecule has 0 unspecified atom stereocenters. The monoisotopic (exact) mass is 234 g/mol. The molecule has 1 aromatic rings. The van der Waals surface area contributed by atoms with Crippen LogP contribution in [0.5, 0.6) is 0 Å². The highest BCUT2D eigenvalue weighted by Gasteiger charge is 2.19. The Bertz CT molecular complexity index is 469. The molecule has 0 bridgehead atoms. The van der Waals surface area contributed by atoms with E-state index in [4.69, 9.17) is 5.11 Å². The zero-order valence-corrected chi connectivity index (χ0v) is 9.49. The summed E-state index contributed by atoms with van der Waals surface area (Å²) in [5, 5.41) is 14.4. The van der Waals surface area contributed by atoms with Crippen LogP contribution in [0.4, 0.5) is 5.69 Å². The highest BCUT2D eigenvalue weighted by atomic mass is 16.3. The van der Waals surface area contributed by atoms with Crippen molar-refractivity contribution in [2.24, 2.45) is 0 Å². The van der Waals surface area contributed by atoms with Gasteiger partial charge in [0.25, 0.3) is 5.91 Å². The van der Waals surface area contributed by atoms with Crippen molar-refractivity contribution in [3.05, 3.63) is 29.3 Å². The lowest BCUT2D eigenvalue weighted by Gasteiger charge is -2.08. The first kappa shape index (κ1) is 11.6. The Hall–Kier alpha value is -1.88. The van der Waals surface area contributed by atoms with Gasteiger partial charge in [0.1, 0.15) is 0 Å². The van der Waals surface area contributed by atoms with Crippen LogP contribution in [0, 0.1) is 0 Å². The van der Waals surface area contributed by atoms with Gasteiger partial charge in [-0.3, -0.25) is 9.59 Å². The number of carbonyl (C=O) groups excluding carboxylic acids is 2. The zero-order chi connectivity index (χ0) is 12.4. The van der Waals surface area contributed by atoms with Gasteiger partial charge in [0, 0.05) is 17.8 Å². The van der Waals surface area contributed by atoms with E-state index in [-0.39, 0.29) is 18.4 Å². The molecule has 2 rings (SSSR count). The molecule has 0 saturated heterocycles. The van der Waals surface area contributed by atoms with Gasteiger partial charge in [0.15, 0.2) is 0 Å². The maximum atomic E-state index is 11.7. The molecule has 0 spiro atoms. The summed E-state index contributed by atoms with van der Waals surface area (Å²) in [6.07, 6.45) is -0.260. The highest BCUT2D eigenvalue weighted by Crippen LogP contribution is 2.23. The van der Waals surface area contributed by atoms with Crippen LogP contribution >= 0.6 is 0 Å². The molecule has 1 aliphatic rings. The van der Waals surface area contributed by atoms with Gasteiger partial charge in [0.05, 0.1) is 12.5 Å². The van der Waals surface area contributed by atoms with Crippen molar-refractivity contribution < 1.29 is 14.7 Å². The first-order valence-corrected chi connectivity index (χ1v) is 5.45. The van der Waals surface area contributed by atoms with Gasteiger partial charge in [-0.15, -0.1) is 0 Å². The third-order valence-corrected chi connectivity index (χ3v) is 2.55. The second-order valence-corrected chi connectivity index (χ2v) is 4.16. The molecule has 2 amide bonds. The van der Waals surface area contributed by atoms with E-state index in [0.717, 1.165) is 11.3 Å². The maximum absolute atomic E-state index is 11.7. The van der Waals surface area contributed by atoms with E-state index in [9.17, 15) is 9.59 Å². The number of carbonyl (C=O) groups is 2. The van der Waals surface area contributed by atoms with E-state index in [1.165, 1.54) is 0 Å². The van der Waals surface area contributed by atoms with Gasteiger partial charge in [0.2, 0.25) is 5.91 Å². The Kier molecular flexibility index (Phi) is 3.10. The Balaban J connectivity index is 2.10. The fourth-order valence-corrected chi connectivity index (χ4v) is 1.71. The van der Waals surface area contributed by atoms with Crippen LogP contribution in [0.15, 0.2) is 18.2 Å². The van der Waals surface area contributed by atoms with Crippen LogP contribution in [0.25, 0.3) is 0 Å². The number of nitrogens with one attached hydrogen (secondary N) is 2. The molecule has 1 aromatic carbocycles. The summed E-state index contributed by atoms with van der Waals surface area (Å²) in [5.74, 6) is -0.297. The predicted octanol–water partition coefficient (Wildman–Crippen LogP) is 0.292. The summed E-state index contributed by atoms with van der Waals surface area (Å²) in [5.41, 5.74) is 2.10. The molecule has 0 aromatic heterocycles. The van der Waals surface area contributed by atoms with Crippen molar-refractivity contribution in [1.29, 1.82) is 0 Å². The SMILES string of the molecule is C[C@@H](O)CNC(=O)c1ccc2c(c1)CC(=O)N2. The fourth-order valence-electron chi connectivity index (χ4n) is 1.71. The van der Waals surface area contributed by atoms with Crippen LogP contribution < -0.4 is 10.6 Å². The summed E-state index contributed by atoms with van der Waals surface area (Å²) in [7, 11) is 0. The second kappa shape index (κ2) is 4.55. The predicted molar refractivity (Wildman–Crippen MR) is 62.8 cm³/mol. The smallest absolute Gasteiger partial charge is 0.251 e. The highest BCUT2D eigenvalue weighted by molar-refractivity contribution is 6.01. The third-order valence-electron chi connectivity index (χ3n) is 2.55. The average Bonchev–Trinajstić information content (AvgIpc) is 2.64. The lowest BCUT2D eigenvalue weighted by molar-refractivity contribution is -0.115. The number of hydrogen-bond donors (Lipinski definition) is 3. The molecule has 5 nitrogen and oxygen atoms in total. The lowest BCUT2D eigenvalue weighted by Crippen LogP contribution is -2.30. The van der Waals surface area contributed by atoms with Gasteiger partial charge in [-0.2, -0.15) is 0 Å². The number of aliphatic hydroxyl groups is 1. The minimum atomic E-state index is -0.573. The summed E-state index contributed by atoms with van der Waals surface area (Å²) in [6.45, 7) is 1.82. The van der Waals surface area contributed by atoms with Crippen LogP contribution in [-0.2, 0) is 11.2 Å². The maximum Gasteiger partial charge on any atom is 0.251 e. The molecule has 17 heavy (non-hydrogen) atoms. The number of anilines is 1. The van der Waals surface area contributed by atoms with Crippen molar-refractivity contribution in [3.8, 4) is 0 Å². The molecule has 3 N–H and O–H groups in total. The van der Waals surface area contributed by atoms with Gasteiger partial charge >= 0.3 is 0 Å². The van der Waals surface area contributed by atoms with Crippen molar-refractivity contribution in [1.82, 2.24) is 5.32 Å². The summed E-state index contributed by atoms with van der Waals surface area (Å²) < 4.78 is 0. The first-order chi connectivity index (χ1) is 8.06. The minimum Gasteiger partial charge on any atom is -0.392 e. The van der Waals surface area contributed by atoms with E-state index < -0.39 is 6.10 Å². The zero-order valence-electron chi connectivity index (χ0n) is 9.49. The van der Waals surface area contributed by atoms with E-state index in [0.29, 0.717) is 12.0 Å². The van der Waals surface area contributed by atoms with Crippen molar-refractivity contribution in [2.45, 2.75) is 19.4 Å². The van der Waals surface area contributed by atoms with Crippen LogP contribution in [0.1, 0.15) is 22.8 Å². The molecule has 90 valence electrons. The lowest BCUT2D eigenvalue weighted by atomic mass is 10.1. The largest absolute Gasteiger partial charge is 0.392 e. The molecule has 0 radical (unpaired) electrons. The Morgan fingerprint density at radius 1 is 1.59 bits per heavy atom. The molecular weight excluding hydrogens is 220 g/mol. The summed E-state index contributed by atoms with van der Waals surface area (Å²) >= 11 is 0. The van der Waals surface area contributed by atoms with E-state index in [1.807, 2.05) is 0 Å². The molecule has 1 atom stereocenters. The van der Waals surface area contributed by atoms with E-state index in [1.54, 1.807) is 25.1 Å². The normalized spacial score (nSPS) is 15.1. The molecule has 1 aliphatic heterocycles. The number of benzene rings is 1. The number of amides is 2. The molecule has 0 fully saturated rings. The molecule has 0 saturated carbocycles. The van der Waals surface area contributed by atoms with Crippen molar-refractivity contribution in [2.75, 3.05) is 11.9 Å². The number of fused-ring (bicyclic) bond motifs is 1. The first-order valence-electron chi connectivity index (χ1n) is 5.45. The fraction of sp³-hybridized carbons (Fsp3) is 0.333. The van der Waals surface area contributed by atoms with Gasteiger partial charge in [-0.25, -0.2) is 0 Å². The topological polar surface area (TPSA) is 78.4 Å². The van der Waals surface area contributed by atoms with E-state index >= 15 is 0 Å². The quantitative estimate of drug-likeness (QED) is 0.703. The summed E-state index contributed by atoms with van der Waals surface area (Å²) in [4.78, 5) is 22.9. The Morgan fingerprint density at radius 2 is 2.35 bits per heavy atom. The van der Waals surface area contributed by atoms with Crippen molar-refractivity contribution >= 4 is 17.5 Å². The minimum absolute atomic E-state index is 0.0541. The third kappa shape index (κ3) is 2.62. The Labute approximate surface area is 98.8 Å². The molecular formula is C12H14N2O3. The van der Waals surface area contributed by atoms with Gasteiger partial charge < -0.3 is 15.7 Å². The molecule has 5 heteroatoms. The standard InChI is InChI=1S/C12H14N2O3/c1-7(15)6-13-12(17)8-2-3-10-9(4-8)5-11(16)14-10/h2-4,7,15H,5-6H2,1H3,(H,13,17)(H,14,16)/t7-/m1/s1. The average molecular weight is 234 g/mol. The van der Waals surface area contributed by atoms with Crippen molar-refractivity contribution in [3.63, 3.8) is 0 Å². The molecule has 1 heterocycles. The number of hydrogen-bond acceptors (Lipinski definition) is 3. The van der Waals surface area contributed by atoms with Crippen LogP contribution in [0.3, 0.4) is 0 Å². The van der Waals surface area contributed by atoms with Crippen LogP contribution in [0.2, 0.25) is 0 Å². The van der Waals surface area contributed by atoms with Gasteiger partial charge in [-0.05, 0) is 30.7 Å². The summed E-state index contributed by atoms with van der Waals surface area (Å²) in [6, 6.07) is 5.07. The Morgan fingerprint density at radius 3 is 3.06 bits per heavy atom. The second-order valence-electron chi connectivity index (χ2n) is 4.16. The van der Waals surface area contributed by atoms with E-state index in [2.05, 4.69) is 10.6 Å². The molecule has 0 aliphatic carbocycles. The number of aliphatic hydroxyl groups excluding tert-OH is 1. The van der Waals surface area contributed by atoms with Gasteiger partial charge in [-0.1, -0.05) is 0 Å². The van der Waals surface area contributed by atoms with Crippen LogP contribution in [-0.4, -0.2) is 29.6 Å².